The minimum absolute atomic E-state index is 0.111. The maximum Gasteiger partial charge on any atom is 0.270 e. The lowest BCUT2D eigenvalue weighted by Crippen LogP contribution is -2.51. The van der Waals surface area contributed by atoms with E-state index in [1.165, 1.54) is 0 Å². The Morgan fingerprint density at radius 3 is 2.81 bits per heavy atom. The number of aliphatic hydroxyl groups is 1. The third-order valence-corrected chi connectivity index (χ3v) is 4.41. The van der Waals surface area contributed by atoms with Gasteiger partial charge in [-0.25, -0.2) is 0 Å². The van der Waals surface area contributed by atoms with E-state index in [0.29, 0.717) is 47.4 Å². The number of hydrogen-bond acceptors (Lipinski definition) is 5. The third-order valence-electron chi connectivity index (χ3n) is 4.04. The van der Waals surface area contributed by atoms with E-state index in [9.17, 15) is 9.90 Å². The highest BCUT2D eigenvalue weighted by atomic mass is 32.1. The second-order valence-corrected chi connectivity index (χ2v) is 6.28. The number of Topliss-reactive ketones (excluding diaryl/α,β-unsaturated/α-hetero) is 1. The maximum atomic E-state index is 13.2. The lowest BCUT2D eigenvalue weighted by molar-refractivity contribution is -0.692. The molecule has 1 aromatic heterocycles. The van der Waals surface area contributed by atoms with Gasteiger partial charge in [0.15, 0.2) is 28.9 Å². The topological polar surface area (TPSA) is 71.7 Å². The van der Waals surface area contributed by atoms with E-state index in [4.69, 9.17) is 21.7 Å². The molecule has 6 nitrogen and oxygen atoms in total. The zero-order valence-corrected chi connectivity index (χ0v) is 15.3. The van der Waals surface area contributed by atoms with Crippen molar-refractivity contribution in [3.05, 3.63) is 53.9 Å². The molecule has 2 aromatic rings. The van der Waals surface area contributed by atoms with Crippen LogP contribution in [0.3, 0.4) is 0 Å². The molecule has 0 aliphatic carbocycles. The van der Waals surface area contributed by atoms with Crippen molar-refractivity contribution in [2.24, 2.45) is 0 Å². The predicted molar refractivity (Wildman–Crippen MR) is 99.6 cm³/mol. The van der Waals surface area contributed by atoms with Crippen molar-refractivity contribution in [1.82, 2.24) is 5.32 Å². The molecule has 1 aliphatic heterocycles. The van der Waals surface area contributed by atoms with Crippen LogP contribution in [0, 0.1) is 0 Å². The van der Waals surface area contributed by atoms with Gasteiger partial charge >= 0.3 is 0 Å². The minimum Gasteiger partial charge on any atom is -0.486 e. The number of rotatable bonds is 6. The standard InChI is InChI=1S/C19H20N2O4S/c1-2-20-19(26)17(21-7-3-4-13(11-21)12-22)18(23)14-5-6-15-16(10-14)25-9-8-24-15/h3-7,10-11,17,22H,2,8-9,12H2,1H3/p+1. The van der Waals surface area contributed by atoms with Crippen molar-refractivity contribution in [2.75, 3.05) is 19.8 Å². The number of nitrogens with one attached hydrogen (secondary N) is 1. The predicted octanol–water partition coefficient (Wildman–Crippen LogP) is 1.60. The Morgan fingerprint density at radius 2 is 2.08 bits per heavy atom. The Labute approximate surface area is 157 Å². The second kappa shape index (κ2) is 8.25. The number of carbonyl (C=O) groups excluding carboxylic acids is 1. The van der Waals surface area contributed by atoms with Crippen LogP contribution in [0.15, 0.2) is 42.7 Å². The van der Waals surface area contributed by atoms with Crippen molar-refractivity contribution < 1.29 is 23.9 Å². The van der Waals surface area contributed by atoms with Gasteiger partial charge in [-0.15, -0.1) is 0 Å². The number of carbonyl (C=O) groups is 1. The molecule has 2 heterocycles. The van der Waals surface area contributed by atoms with Crippen LogP contribution >= 0.6 is 12.2 Å². The van der Waals surface area contributed by atoms with Gasteiger partial charge in [-0.2, -0.15) is 4.57 Å². The summed E-state index contributed by atoms with van der Waals surface area (Å²) in [6.07, 6.45) is 3.49. The van der Waals surface area contributed by atoms with Crippen LogP contribution in [-0.2, 0) is 6.61 Å². The summed E-state index contributed by atoms with van der Waals surface area (Å²) in [6.45, 7) is 3.38. The third kappa shape index (κ3) is 3.84. The monoisotopic (exact) mass is 373 g/mol. The molecule has 0 fully saturated rings. The largest absolute Gasteiger partial charge is 0.486 e. The Hall–Kier alpha value is -2.51. The Balaban J connectivity index is 1.98. The van der Waals surface area contributed by atoms with Gasteiger partial charge in [-0.3, -0.25) is 4.79 Å². The number of hydrogen-bond donors (Lipinski definition) is 2. The summed E-state index contributed by atoms with van der Waals surface area (Å²) in [5, 5.41) is 12.5. The van der Waals surface area contributed by atoms with E-state index < -0.39 is 6.04 Å². The van der Waals surface area contributed by atoms with E-state index in [1.54, 1.807) is 47.3 Å². The average molecular weight is 373 g/mol. The first-order valence-electron chi connectivity index (χ1n) is 8.46. The van der Waals surface area contributed by atoms with Gasteiger partial charge in [-0.1, -0.05) is 12.2 Å². The van der Waals surface area contributed by atoms with E-state index in [2.05, 4.69) is 5.32 Å². The number of fused-ring (bicyclic) bond motifs is 1. The number of nitrogens with zero attached hydrogens (tertiary/aromatic N) is 1. The minimum atomic E-state index is -0.709. The van der Waals surface area contributed by atoms with Crippen LogP contribution in [0.25, 0.3) is 0 Å². The Bertz CT molecular complexity index is 825. The Morgan fingerprint density at radius 1 is 1.31 bits per heavy atom. The highest BCUT2D eigenvalue weighted by Gasteiger charge is 2.34. The Kier molecular flexibility index (Phi) is 5.80. The summed E-state index contributed by atoms with van der Waals surface area (Å²) in [6, 6.07) is 8.01. The molecule has 136 valence electrons. The number of benzene rings is 1. The summed E-state index contributed by atoms with van der Waals surface area (Å²) < 4.78 is 12.8. The molecule has 1 unspecified atom stereocenters. The highest BCUT2D eigenvalue weighted by Crippen LogP contribution is 2.31. The molecule has 3 rings (SSSR count). The van der Waals surface area contributed by atoms with Crippen molar-refractivity contribution in [3.8, 4) is 11.5 Å². The molecule has 0 saturated carbocycles. The number of likely N-dealkylation sites (N-methyl/N-ethyl adjacent to an activating group) is 1. The molecule has 26 heavy (non-hydrogen) atoms. The van der Waals surface area contributed by atoms with E-state index in [1.807, 2.05) is 6.92 Å². The van der Waals surface area contributed by atoms with E-state index in [-0.39, 0.29) is 12.4 Å². The number of aromatic nitrogens is 1. The normalized spacial score (nSPS) is 13.8. The molecule has 1 aromatic carbocycles. The molecule has 1 atom stereocenters. The molecule has 2 N–H and O–H groups in total. The first kappa shape index (κ1) is 18.3. The molecular formula is C19H21N2O4S+. The van der Waals surface area contributed by atoms with Gasteiger partial charge in [0.1, 0.15) is 13.2 Å². The molecule has 1 aliphatic rings. The first-order valence-corrected chi connectivity index (χ1v) is 8.87. The molecule has 0 radical (unpaired) electrons. The van der Waals surface area contributed by atoms with Crippen LogP contribution in [0.1, 0.15) is 28.9 Å². The molecule has 0 bridgehead atoms. The maximum absolute atomic E-state index is 13.2. The number of thiocarbonyl (C=S) groups is 1. The molecule has 0 amide bonds. The van der Waals surface area contributed by atoms with Gasteiger partial charge in [0, 0.05) is 23.7 Å². The zero-order valence-electron chi connectivity index (χ0n) is 14.5. The van der Waals surface area contributed by atoms with Crippen LogP contribution in [0.4, 0.5) is 0 Å². The molecule has 0 spiro atoms. The van der Waals surface area contributed by atoms with Gasteiger partial charge < -0.3 is 19.9 Å². The van der Waals surface area contributed by atoms with Crippen molar-refractivity contribution in [1.29, 1.82) is 0 Å². The van der Waals surface area contributed by atoms with Crippen LogP contribution in [0.2, 0.25) is 0 Å². The SMILES string of the molecule is CCNC(=S)C(C(=O)c1ccc2c(c1)OCCO2)[n+]1cccc(CO)c1. The summed E-state index contributed by atoms with van der Waals surface area (Å²) >= 11 is 5.46. The smallest absolute Gasteiger partial charge is 0.270 e. The summed E-state index contributed by atoms with van der Waals surface area (Å²) in [5.74, 6) is 1.03. The number of ketones is 1. The number of pyridine rings is 1. The lowest BCUT2D eigenvalue weighted by atomic mass is 10.0. The fraction of sp³-hybridized carbons (Fsp3) is 0.316. The molecule has 0 saturated heterocycles. The highest BCUT2D eigenvalue weighted by molar-refractivity contribution is 7.80. The summed E-state index contributed by atoms with van der Waals surface area (Å²) in [5.41, 5.74) is 1.19. The molecule has 7 heteroatoms. The zero-order chi connectivity index (χ0) is 18.5. The second-order valence-electron chi connectivity index (χ2n) is 5.84. The van der Waals surface area contributed by atoms with Gasteiger partial charge in [0.05, 0.1) is 6.61 Å². The quantitative estimate of drug-likeness (QED) is 0.455. The van der Waals surface area contributed by atoms with E-state index >= 15 is 0 Å². The molecular weight excluding hydrogens is 352 g/mol. The van der Waals surface area contributed by atoms with Gasteiger partial charge in [-0.05, 0) is 31.2 Å². The summed E-state index contributed by atoms with van der Waals surface area (Å²) in [7, 11) is 0. The average Bonchev–Trinajstić information content (AvgIpc) is 2.68. The summed E-state index contributed by atoms with van der Waals surface area (Å²) in [4.78, 5) is 13.7. The van der Waals surface area contributed by atoms with Crippen LogP contribution in [0.5, 0.6) is 11.5 Å². The number of ether oxygens (including phenoxy) is 2. The van der Waals surface area contributed by atoms with Crippen LogP contribution in [-0.4, -0.2) is 35.6 Å². The number of aliphatic hydroxyl groups excluding tert-OH is 1. The fourth-order valence-electron chi connectivity index (χ4n) is 2.81. The first-order chi connectivity index (χ1) is 12.6. The fourth-order valence-corrected chi connectivity index (χ4v) is 3.19. The van der Waals surface area contributed by atoms with Gasteiger partial charge in [0.25, 0.3) is 6.04 Å². The lowest BCUT2D eigenvalue weighted by Gasteiger charge is -2.19. The van der Waals surface area contributed by atoms with Crippen molar-refractivity contribution in [2.45, 2.75) is 19.6 Å². The van der Waals surface area contributed by atoms with Crippen molar-refractivity contribution >= 4 is 23.0 Å². The van der Waals surface area contributed by atoms with Crippen LogP contribution < -0.4 is 19.4 Å². The van der Waals surface area contributed by atoms with Crippen molar-refractivity contribution in [3.63, 3.8) is 0 Å². The van der Waals surface area contributed by atoms with E-state index in [0.717, 1.165) is 0 Å². The van der Waals surface area contributed by atoms with Gasteiger partial charge in [0.2, 0.25) is 5.78 Å².